The van der Waals surface area contributed by atoms with Crippen molar-refractivity contribution in [3.8, 4) is 0 Å². The van der Waals surface area contributed by atoms with E-state index in [-0.39, 0.29) is 0 Å². The van der Waals surface area contributed by atoms with Crippen molar-refractivity contribution in [2.75, 3.05) is 13.1 Å². The van der Waals surface area contributed by atoms with Gasteiger partial charge < -0.3 is 11.1 Å². The molecule has 1 unspecified atom stereocenters. The number of thiophene rings is 1. The fraction of sp³-hybridized carbons (Fsp3) is 0.636. The van der Waals surface area contributed by atoms with Crippen LogP contribution in [0.2, 0.25) is 4.34 Å². The van der Waals surface area contributed by atoms with Gasteiger partial charge in [-0.15, -0.1) is 11.3 Å². The highest BCUT2D eigenvalue weighted by atomic mass is 35.5. The molecule has 0 bridgehead atoms. The normalized spacial score (nSPS) is 13.4. The highest BCUT2D eigenvalue weighted by Gasteiger charge is 2.10. The lowest BCUT2D eigenvalue weighted by Crippen LogP contribution is -2.31. The van der Waals surface area contributed by atoms with E-state index in [9.17, 15) is 0 Å². The summed E-state index contributed by atoms with van der Waals surface area (Å²) in [6, 6.07) is 4.00. The van der Waals surface area contributed by atoms with Gasteiger partial charge in [0.2, 0.25) is 0 Å². The van der Waals surface area contributed by atoms with Gasteiger partial charge in [-0.05, 0) is 37.1 Å². The zero-order valence-electron chi connectivity index (χ0n) is 9.29. The lowest BCUT2D eigenvalue weighted by atomic mass is 9.96. The molecule has 2 nitrogen and oxygen atoms in total. The predicted molar refractivity (Wildman–Crippen MR) is 68.4 cm³/mol. The molecule has 1 aromatic rings. The van der Waals surface area contributed by atoms with Crippen molar-refractivity contribution < 1.29 is 0 Å². The van der Waals surface area contributed by atoms with Crippen LogP contribution in [-0.2, 0) is 6.54 Å². The van der Waals surface area contributed by atoms with Crippen LogP contribution in [0.3, 0.4) is 0 Å². The quantitative estimate of drug-likeness (QED) is 0.810. The van der Waals surface area contributed by atoms with Crippen molar-refractivity contribution in [1.29, 1.82) is 0 Å². The summed E-state index contributed by atoms with van der Waals surface area (Å²) >= 11 is 7.48. The molecule has 1 aromatic heterocycles. The maximum Gasteiger partial charge on any atom is 0.0931 e. The maximum absolute atomic E-state index is 5.85. The molecular weight excluding hydrogens is 228 g/mol. The first-order valence-electron chi connectivity index (χ1n) is 5.28. The summed E-state index contributed by atoms with van der Waals surface area (Å²) in [5.74, 6) is 1.19. The first-order valence-corrected chi connectivity index (χ1v) is 6.48. The first kappa shape index (κ1) is 13.0. The zero-order valence-corrected chi connectivity index (χ0v) is 10.9. The first-order chi connectivity index (χ1) is 7.13. The topological polar surface area (TPSA) is 38.0 Å². The summed E-state index contributed by atoms with van der Waals surface area (Å²) in [5, 5.41) is 3.42. The molecule has 0 radical (unpaired) electrons. The van der Waals surface area contributed by atoms with E-state index >= 15 is 0 Å². The lowest BCUT2D eigenvalue weighted by Gasteiger charge is -2.18. The lowest BCUT2D eigenvalue weighted by molar-refractivity contribution is 0.371. The van der Waals surface area contributed by atoms with Gasteiger partial charge in [0.05, 0.1) is 4.34 Å². The Labute approximate surface area is 101 Å². The van der Waals surface area contributed by atoms with Gasteiger partial charge in [0.1, 0.15) is 0 Å². The highest BCUT2D eigenvalue weighted by molar-refractivity contribution is 7.16. The number of hydrogen-bond acceptors (Lipinski definition) is 3. The maximum atomic E-state index is 5.85. The van der Waals surface area contributed by atoms with E-state index in [1.807, 2.05) is 6.07 Å². The van der Waals surface area contributed by atoms with Crippen molar-refractivity contribution >= 4 is 22.9 Å². The van der Waals surface area contributed by atoms with Crippen LogP contribution >= 0.6 is 22.9 Å². The summed E-state index contributed by atoms with van der Waals surface area (Å²) in [7, 11) is 0. The summed E-state index contributed by atoms with van der Waals surface area (Å²) in [6.07, 6.45) is 0. The second-order valence-electron chi connectivity index (χ2n) is 4.08. The van der Waals surface area contributed by atoms with Gasteiger partial charge in [-0.3, -0.25) is 0 Å². The van der Waals surface area contributed by atoms with Gasteiger partial charge in [-0.2, -0.15) is 0 Å². The Morgan fingerprint density at radius 3 is 2.67 bits per heavy atom. The van der Waals surface area contributed by atoms with Crippen LogP contribution < -0.4 is 11.1 Å². The minimum atomic E-state index is 0.556. The van der Waals surface area contributed by atoms with Crippen molar-refractivity contribution in [1.82, 2.24) is 5.32 Å². The van der Waals surface area contributed by atoms with Crippen molar-refractivity contribution in [3.05, 3.63) is 21.3 Å². The second kappa shape index (κ2) is 6.48. The fourth-order valence-corrected chi connectivity index (χ4v) is 2.48. The minimum Gasteiger partial charge on any atom is -0.330 e. The molecule has 1 heterocycles. The Bertz CT molecular complexity index is 286. The van der Waals surface area contributed by atoms with Crippen molar-refractivity contribution in [2.24, 2.45) is 17.6 Å². The molecule has 1 rings (SSSR count). The van der Waals surface area contributed by atoms with Gasteiger partial charge in [-0.1, -0.05) is 25.4 Å². The SMILES string of the molecule is CC(C)C(CN)CNCc1ccc(Cl)s1. The Balaban J connectivity index is 2.26. The Morgan fingerprint density at radius 1 is 1.47 bits per heavy atom. The largest absolute Gasteiger partial charge is 0.330 e. The highest BCUT2D eigenvalue weighted by Crippen LogP contribution is 2.21. The number of hydrogen-bond donors (Lipinski definition) is 2. The van der Waals surface area contributed by atoms with Crippen molar-refractivity contribution in [2.45, 2.75) is 20.4 Å². The molecule has 0 amide bonds. The fourth-order valence-electron chi connectivity index (χ4n) is 1.42. The number of nitrogens with two attached hydrogens (primary N) is 1. The second-order valence-corrected chi connectivity index (χ2v) is 5.88. The van der Waals surface area contributed by atoms with Crippen LogP contribution in [0.15, 0.2) is 12.1 Å². The van der Waals surface area contributed by atoms with E-state index in [1.165, 1.54) is 4.88 Å². The smallest absolute Gasteiger partial charge is 0.0931 e. The van der Waals surface area contributed by atoms with E-state index < -0.39 is 0 Å². The molecule has 0 saturated heterocycles. The molecule has 15 heavy (non-hydrogen) atoms. The summed E-state index contributed by atoms with van der Waals surface area (Å²) in [5.41, 5.74) is 5.70. The van der Waals surface area contributed by atoms with Crippen LogP contribution in [0, 0.1) is 11.8 Å². The van der Waals surface area contributed by atoms with Crippen molar-refractivity contribution in [3.63, 3.8) is 0 Å². The van der Waals surface area contributed by atoms with Crippen LogP contribution in [-0.4, -0.2) is 13.1 Å². The Kier molecular flexibility index (Phi) is 5.61. The number of halogens is 1. The molecule has 4 heteroatoms. The molecule has 3 N–H and O–H groups in total. The van der Waals surface area contributed by atoms with Crippen LogP contribution in [0.25, 0.3) is 0 Å². The Morgan fingerprint density at radius 2 is 2.20 bits per heavy atom. The molecule has 0 aliphatic heterocycles. The molecular formula is C11H19ClN2S. The standard InChI is InChI=1S/C11H19ClN2S/c1-8(2)9(5-13)6-14-7-10-3-4-11(12)15-10/h3-4,8-9,14H,5-7,13H2,1-2H3. The Hall–Kier alpha value is -0.0900. The monoisotopic (exact) mass is 246 g/mol. The van der Waals surface area contributed by atoms with Gasteiger partial charge >= 0.3 is 0 Å². The molecule has 0 saturated carbocycles. The van der Waals surface area contributed by atoms with Gasteiger partial charge in [-0.25, -0.2) is 0 Å². The summed E-state index contributed by atoms with van der Waals surface area (Å²) in [4.78, 5) is 1.28. The molecule has 1 atom stereocenters. The van der Waals surface area contributed by atoms with Gasteiger partial charge in [0.25, 0.3) is 0 Å². The third kappa shape index (κ3) is 4.51. The third-order valence-electron chi connectivity index (χ3n) is 2.58. The van der Waals surface area contributed by atoms with E-state index in [1.54, 1.807) is 11.3 Å². The average Bonchev–Trinajstić information content (AvgIpc) is 2.58. The van der Waals surface area contributed by atoms with Crippen LogP contribution in [0.1, 0.15) is 18.7 Å². The zero-order chi connectivity index (χ0) is 11.3. The van der Waals surface area contributed by atoms with E-state index in [4.69, 9.17) is 17.3 Å². The predicted octanol–water partition coefficient (Wildman–Crippen LogP) is 2.72. The molecule has 0 aliphatic rings. The number of nitrogens with one attached hydrogen (secondary N) is 1. The van der Waals surface area contributed by atoms with E-state index in [0.717, 1.165) is 24.0 Å². The summed E-state index contributed by atoms with van der Waals surface area (Å²) < 4.78 is 0.853. The molecule has 0 aliphatic carbocycles. The van der Waals surface area contributed by atoms with Crippen LogP contribution in [0.4, 0.5) is 0 Å². The van der Waals surface area contributed by atoms with Crippen LogP contribution in [0.5, 0.6) is 0 Å². The number of rotatable bonds is 6. The molecule has 0 aromatic carbocycles. The summed E-state index contributed by atoms with van der Waals surface area (Å²) in [6.45, 7) is 7.03. The molecule has 0 spiro atoms. The molecule has 86 valence electrons. The average molecular weight is 247 g/mol. The minimum absolute atomic E-state index is 0.556. The van der Waals surface area contributed by atoms with Gasteiger partial charge in [0.15, 0.2) is 0 Å². The van der Waals surface area contributed by atoms with E-state index in [2.05, 4.69) is 25.2 Å². The van der Waals surface area contributed by atoms with Gasteiger partial charge in [0, 0.05) is 11.4 Å². The molecule has 0 fully saturated rings. The van der Waals surface area contributed by atoms with E-state index in [0.29, 0.717) is 11.8 Å². The third-order valence-corrected chi connectivity index (χ3v) is 3.81.